The van der Waals surface area contributed by atoms with Gasteiger partial charge in [0.1, 0.15) is 6.61 Å². The third kappa shape index (κ3) is 4.14. The van der Waals surface area contributed by atoms with Gasteiger partial charge in [0.15, 0.2) is 0 Å². The van der Waals surface area contributed by atoms with Crippen LogP contribution in [0.15, 0.2) is 72.9 Å². The molecule has 0 aliphatic heterocycles. The zero-order valence-corrected chi connectivity index (χ0v) is 16.2. The van der Waals surface area contributed by atoms with Gasteiger partial charge >= 0.3 is 6.09 Å². The Labute approximate surface area is 170 Å². The molecule has 0 fully saturated rings. The van der Waals surface area contributed by atoms with E-state index in [4.69, 9.17) is 9.47 Å². The maximum atomic E-state index is 12.1. The highest BCUT2D eigenvalue weighted by Gasteiger charge is 2.28. The molecule has 1 amide bonds. The molecule has 29 heavy (non-hydrogen) atoms. The molecule has 5 nitrogen and oxygen atoms in total. The van der Waals surface area contributed by atoms with Crippen LogP contribution in [-0.2, 0) is 4.74 Å². The van der Waals surface area contributed by atoms with Gasteiger partial charge in [0, 0.05) is 24.7 Å². The van der Waals surface area contributed by atoms with E-state index in [0.717, 1.165) is 5.56 Å². The lowest BCUT2D eigenvalue weighted by molar-refractivity contribution is 0.144. The van der Waals surface area contributed by atoms with E-state index in [2.05, 4.69) is 34.6 Å². The van der Waals surface area contributed by atoms with E-state index in [1.807, 2.05) is 48.6 Å². The standard InChI is InChI=1S/C24H22N2O3/c1-28-23-15-17(12-14-25-23)7-6-13-26-24(27)29-16-22-20-10-4-2-8-18(20)19-9-3-5-11-21(19)22/h2-12,14-15,22H,13,16H2,1H3,(H,26,27). The lowest BCUT2D eigenvalue weighted by Gasteiger charge is -2.14. The van der Waals surface area contributed by atoms with Crippen LogP contribution in [0.4, 0.5) is 4.79 Å². The van der Waals surface area contributed by atoms with Crippen molar-refractivity contribution >= 4 is 12.2 Å². The molecule has 0 saturated carbocycles. The number of ether oxygens (including phenoxy) is 2. The second-order valence-electron chi connectivity index (χ2n) is 6.74. The van der Waals surface area contributed by atoms with Crippen LogP contribution in [-0.4, -0.2) is 31.3 Å². The lowest BCUT2D eigenvalue weighted by Crippen LogP contribution is -2.26. The summed E-state index contributed by atoms with van der Waals surface area (Å²) in [5.74, 6) is 0.615. The Morgan fingerprint density at radius 3 is 2.45 bits per heavy atom. The van der Waals surface area contributed by atoms with Gasteiger partial charge in [-0.3, -0.25) is 0 Å². The number of methoxy groups -OCH3 is 1. The molecule has 1 aliphatic carbocycles. The molecule has 0 spiro atoms. The third-order valence-corrected chi connectivity index (χ3v) is 4.99. The fourth-order valence-corrected chi connectivity index (χ4v) is 3.63. The fraction of sp³-hybridized carbons (Fsp3) is 0.167. The first-order chi connectivity index (χ1) is 14.3. The number of aromatic nitrogens is 1. The zero-order chi connectivity index (χ0) is 20.1. The second kappa shape index (κ2) is 8.61. The molecule has 0 radical (unpaired) electrons. The van der Waals surface area contributed by atoms with Crippen LogP contribution >= 0.6 is 0 Å². The van der Waals surface area contributed by atoms with E-state index in [-0.39, 0.29) is 5.92 Å². The number of amides is 1. The van der Waals surface area contributed by atoms with Crippen LogP contribution in [0.3, 0.4) is 0 Å². The SMILES string of the molecule is COc1cc(C=CCNC(=O)OCC2c3ccccc3-c3ccccc32)ccn1. The van der Waals surface area contributed by atoms with Gasteiger partial charge < -0.3 is 14.8 Å². The molecule has 1 aromatic heterocycles. The van der Waals surface area contributed by atoms with Gasteiger partial charge in [-0.05, 0) is 33.9 Å². The molecular weight excluding hydrogens is 364 g/mol. The van der Waals surface area contributed by atoms with Crippen molar-refractivity contribution in [3.05, 3.63) is 89.6 Å². The summed E-state index contributed by atoms with van der Waals surface area (Å²) in [6.07, 6.45) is 5.01. The first-order valence-electron chi connectivity index (χ1n) is 9.51. The highest BCUT2D eigenvalue weighted by molar-refractivity contribution is 5.79. The molecular formula is C24H22N2O3. The summed E-state index contributed by atoms with van der Waals surface area (Å²) in [5, 5.41) is 2.76. The van der Waals surface area contributed by atoms with Crippen molar-refractivity contribution in [2.75, 3.05) is 20.3 Å². The summed E-state index contributed by atoms with van der Waals surface area (Å²) in [4.78, 5) is 16.2. The van der Waals surface area contributed by atoms with Crippen LogP contribution in [0, 0.1) is 0 Å². The van der Waals surface area contributed by atoms with Crippen molar-refractivity contribution in [2.45, 2.75) is 5.92 Å². The summed E-state index contributed by atoms with van der Waals surface area (Å²) in [6.45, 7) is 0.687. The van der Waals surface area contributed by atoms with Gasteiger partial charge in [-0.15, -0.1) is 0 Å². The van der Waals surface area contributed by atoms with E-state index in [9.17, 15) is 4.79 Å². The summed E-state index contributed by atoms with van der Waals surface area (Å²) in [5.41, 5.74) is 5.79. The Morgan fingerprint density at radius 2 is 1.76 bits per heavy atom. The number of fused-ring (bicyclic) bond motifs is 3. The first-order valence-corrected chi connectivity index (χ1v) is 9.51. The molecule has 0 atom stereocenters. The molecule has 4 rings (SSSR count). The molecule has 0 saturated heterocycles. The van der Waals surface area contributed by atoms with E-state index in [1.54, 1.807) is 13.3 Å². The van der Waals surface area contributed by atoms with E-state index in [0.29, 0.717) is 19.0 Å². The molecule has 0 bridgehead atoms. The Morgan fingerprint density at radius 1 is 1.07 bits per heavy atom. The number of alkyl carbamates (subject to hydrolysis) is 1. The minimum absolute atomic E-state index is 0.0629. The quantitative estimate of drug-likeness (QED) is 0.670. The number of hydrogen-bond donors (Lipinski definition) is 1. The van der Waals surface area contributed by atoms with Crippen molar-refractivity contribution in [2.24, 2.45) is 0 Å². The summed E-state index contributed by atoms with van der Waals surface area (Å²) in [7, 11) is 1.58. The van der Waals surface area contributed by atoms with Crippen LogP contribution in [0.5, 0.6) is 5.88 Å². The van der Waals surface area contributed by atoms with Crippen molar-refractivity contribution in [1.82, 2.24) is 10.3 Å². The first kappa shape index (κ1) is 18.7. The smallest absolute Gasteiger partial charge is 0.407 e. The molecule has 1 aliphatic rings. The Hall–Kier alpha value is -3.60. The van der Waals surface area contributed by atoms with Crippen LogP contribution in [0.25, 0.3) is 17.2 Å². The Balaban J connectivity index is 1.32. The molecule has 1 heterocycles. The highest BCUT2D eigenvalue weighted by atomic mass is 16.5. The predicted octanol–water partition coefficient (Wildman–Crippen LogP) is 4.64. The molecule has 5 heteroatoms. The predicted molar refractivity (Wildman–Crippen MR) is 113 cm³/mol. The van der Waals surface area contributed by atoms with E-state index >= 15 is 0 Å². The van der Waals surface area contributed by atoms with Crippen LogP contribution in [0.1, 0.15) is 22.6 Å². The second-order valence-corrected chi connectivity index (χ2v) is 6.74. The van der Waals surface area contributed by atoms with Gasteiger partial charge in [0.05, 0.1) is 7.11 Å². The number of carbonyl (C=O) groups excluding carboxylic acids is 1. The van der Waals surface area contributed by atoms with Crippen molar-refractivity contribution in [1.29, 1.82) is 0 Å². The largest absolute Gasteiger partial charge is 0.481 e. The zero-order valence-electron chi connectivity index (χ0n) is 16.2. The highest BCUT2D eigenvalue weighted by Crippen LogP contribution is 2.44. The van der Waals surface area contributed by atoms with E-state index < -0.39 is 6.09 Å². The fourth-order valence-electron chi connectivity index (χ4n) is 3.63. The maximum Gasteiger partial charge on any atom is 0.407 e. The molecule has 0 unspecified atom stereocenters. The van der Waals surface area contributed by atoms with Gasteiger partial charge in [0.25, 0.3) is 0 Å². The minimum Gasteiger partial charge on any atom is -0.481 e. The number of rotatable bonds is 6. The maximum absolute atomic E-state index is 12.1. The van der Waals surface area contributed by atoms with Crippen LogP contribution < -0.4 is 10.1 Å². The number of hydrogen-bond acceptors (Lipinski definition) is 4. The Kier molecular flexibility index (Phi) is 5.56. The monoisotopic (exact) mass is 386 g/mol. The number of carbonyl (C=O) groups is 1. The average molecular weight is 386 g/mol. The normalized spacial score (nSPS) is 12.4. The van der Waals surface area contributed by atoms with Gasteiger partial charge in [-0.2, -0.15) is 0 Å². The van der Waals surface area contributed by atoms with Gasteiger partial charge in [0.2, 0.25) is 5.88 Å². The minimum atomic E-state index is -0.427. The molecule has 146 valence electrons. The van der Waals surface area contributed by atoms with Crippen molar-refractivity contribution in [3.8, 4) is 17.0 Å². The van der Waals surface area contributed by atoms with Crippen LogP contribution in [0.2, 0.25) is 0 Å². The summed E-state index contributed by atoms with van der Waals surface area (Å²) in [6, 6.07) is 20.3. The van der Waals surface area contributed by atoms with Gasteiger partial charge in [-0.25, -0.2) is 9.78 Å². The Bertz CT molecular complexity index is 1000. The van der Waals surface area contributed by atoms with Crippen molar-refractivity contribution in [3.63, 3.8) is 0 Å². The number of nitrogens with one attached hydrogen (secondary N) is 1. The molecule has 1 N–H and O–H groups in total. The average Bonchev–Trinajstić information content (AvgIpc) is 3.09. The number of pyridine rings is 1. The third-order valence-electron chi connectivity index (χ3n) is 4.99. The number of nitrogens with zero attached hydrogens (tertiary/aromatic N) is 1. The number of benzene rings is 2. The molecule has 2 aromatic carbocycles. The lowest BCUT2D eigenvalue weighted by atomic mass is 9.98. The summed E-state index contributed by atoms with van der Waals surface area (Å²) >= 11 is 0. The van der Waals surface area contributed by atoms with E-state index in [1.165, 1.54) is 22.3 Å². The summed E-state index contributed by atoms with van der Waals surface area (Å²) < 4.78 is 10.6. The topological polar surface area (TPSA) is 60.5 Å². The van der Waals surface area contributed by atoms with Gasteiger partial charge in [-0.1, -0.05) is 60.7 Å². The van der Waals surface area contributed by atoms with Crippen molar-refractivity contribution < 1.29 is 14.3 Å². The molecule has 3 aromatic rings.